The monoisotopic (exact) mass is 275 g/mol. The van der Waals surface area contributed by atoms with E-state index in [9.17, 15) is 4.79 Å². The lowest BCUT2D eigenvalue weighted by atomic mass is 10.1. The largest absolute Gasteiger partial charge is 0.490 e. The lowest BCUT2D eigenvalue weighted by molar-refractivity contribution is -0.0413. The first-order valence-electron chi connectivity index (χ1n) is 6.75. The van der Waals surface area contributed by atoms with Gasteiger partial charge in [0.05, 0.1) is 13.2 Å². The molecule has 2 aliphatic rings. The third-order valence-electron chi connectivity index (χ3n) is 3.62. The van der Waals surface area contributed by atoms with E-state index in [0.717, 1.165) is 12.2 Å². The molecule has 1 aliphatic carbocycles. The summed E-state index contributed by atoms with van der Waals surface area (Å²) in [4.78, 5) is 12.3. The van der Waals surface area contributed by atoms with Gasteiger partial charge >= 0.3 is 6.09 Å². The number of ether oxygens (including phenoxy) is 2. The Balaban J connectivity index is 1.60. The van der Waals surface area contributed by atoms with E-state index in [1.54, 1.807) is 0 Å². The molecule has 0 aromatic heterocycles. The molecule has 20 heavy (non-hydrogen) atoms. The Morgan fingerprint density at radius 2 is 2.40 bits per heavy atom. The molecule has 1 aromatic rings. The lowest BCUT2D eigenvalue weighted by Crippen LogP contribution is -2.47. The minimum absolute atomic E-state index is 0.204. The summed E-state index contributed by atoms with van der Waals surface area (Å²) in [5, 5.41) is 8.99. The molecule has 1 heterocycles. The van der Waals surface area contributed by atoms with Crippen LogP contribution in [0.2, 0.25) is 0 Å². The molecule has 1 aliphatic heterocycles. The van der Waals surface area contributed by atoms with E-state index in [2.05, 4.69) is 18.2 Å². The number of fused-ring (bicyclic) bond motifs is 1. The molecule has 0 spiro atoms. The van der Waals surface area contributed by atoms with Crippen LogP contribution in [0.5, 0.6) is 5.75 Å². The van der Waals surface area contributed by atoms with Crippen molar-refractivity contribution in [2.45, 2.75) is 12.5 Å². The van der Waals surface area contributed by atoms with Crippen LogP contribution in [0, 0.1) is 0 Å². The zero-order chi connectivity index (χ0) is 13.9. The van der Waals surface area contributed by atoms with Crippen molar-refractivity contribution in [3.63, 3.8) is 0 Å². The Morgan fingerprint density at radius 1 is 1.50 bits per heavy atom. The molecule has 5 nitrogen and oxygen atoms in total. The SMILES string of the molecule is O=C(O)N1CCO[C@@H](COc2cccc3c2CC=C3)C1. The van der Waals surface area contributed by atoms with Gasteiger partial charge in [0, 0.05) is 12.1 Å². The summed E-state index contributed by atoms with van der Waals surface area (Å²) in [6, 6.07) is 5.98. The molecule has 3 rings (SSSR count). The predicted octanol–water partition coefficient (Wildman–Crippen LogP) is 2.01. The molecule has 0 saturated carbocycles. The van der Waals surface area contributed by atoms with Crippen LogP contribution < -0.4 is 4.74 Å². The summed E-state index contributed by atoms with van der Waals surface area (Å²) in [5.74, 6) is 0.864. The maximum Gasteiger partial charge on any atom is 0.407 e. The summed E-state index contributed by atoms with van der Waals surface area (Å²) >= 11 is 0. The number of hydrogen-bond acceptors (Lipinski definition) is 3. The molecule has 1 amide bonds. The molecule has 5 heteroatoms. The van der Waals surface area contributed by atoms with Gasteiger partial charge in [-0.3, -0.25) is 0 Å². The zero-order valence-corrected chi connectivity index (χ0v) is 11.1. The molecule has 106 valence electrons. The number of benzene rings is 1. The summed E-state index contributed by atoms with van der Waals surface area (Å²) in [6.45, 7) is 1.59. The Labute approximate surface area is 117 Å². The van der Waals surface area contributed by atoms with Crippen LogP contribution in [-0.4, -0.2) is 48.5 Å². The van der Waals surface area contributed by atoms with Gasteiger partial charge < -0.3 is 19.5 Å². The predicted molar refractivity (Wildman–Crippen MR) is 74.0 cm³/mol. The molecule has 0 unspecified atom stereocenters. The minimum Gasteiger partial charge on any atom is -0.490 e. The van der Waals surface area contributed by atoms with Gasteiger partial charge in [-0.1, -0.05) is 24.3 Å². The molecule has 1 saturated heterocycles. The van der Waals surface area contributed by atoms with Crippen LogP contribution in [0.4, 0.5) is 4.79 Å². The fourth-order valence-electron chi connectivity index (χ4n) is 2.57. The average Bonchev–Trinajstić information content (AvgIpc) is 2.94. The van der Waals surface area contributed by atoms with Crippen molar-refractivity contribution in [1.82, 2.24) is 4.90 Å². The van der Waals surface area contributed by atoms with Gasteiger partial charge in [-0.2, -0.15) is 0 Å². The quantitative estimate of drug-likeness (QED) is 0.916. The van der Waals surface area contributed by atoms with Crippen molar-refractivity contribution in [1.29, 1.82) is 0 Å². The molecule has 1 fully saturated rings. The van der Waals surface area contributed by atoms with E-state index in [1.165, 1.54) is 16.0 Å². The zero-order valence-electron chi connectivity index (χ0n) is 11.1. The van der Waals surface area contributed by atoms with Crippen molar-refractivity contribution < 1.29 is 19.4 Å². The maximum atomic E-state index is 10.9. The van der Waals surface area contributed by atoms with Gasteiger partial charge in [0.1, 0.15) is 18.5 Å². The lowest BCUT2D eigenvalue weighted by Gasteiger charge is -2.31. The van der Waals surface area contributed by atoms with Crippen LogP contribution in [0.1, 0.15) is 11.1 Å². The van der Waals surface area contributed by atoms with E-state index < -0.39 is 6.09 Å². The summed E-state index contributed by atoms with van der Waals surface area (Å²) < 4.78 is 11.4. The van der Waals surface area contributed by atoms with Gasteiger partial charge in [-0.25, -0.2) is 4.79 Å². The van der Waals surface area contributed by atoms with Gasteiger partial charge in [0.2, 0.25) is 0 Å². The number of amides is 1. The number of rotatable bonds is 3. The molecule has 1 aromatic carbocycles. The second-order valence-electron chi connectivity index (χ2n) is 4.96. The second-order valence-corrected chi connectivity index (χ2v) is 4.96. The Morgan fingerprint density at radius 3 is 3.25 bits per heavy atom. The molecule has 0 bridgehead atoms. The fourth-order valence-corrected chi connectivity index (χ4v) is 2.57. The highest BCUT2D eigenvalue weighted by Crippen LogP contribution is 2.29. The average molecular weight is 275 g/mol. The van der Waals surface area contributed by atoms with E-state index in [0.29, 0.717) is 26.3 Å². The van der Waals surface area contributed by atoms with Crippen molar-refractivity contribution in [2.75, 3.05) is 26.3 Å². The number of carbonyl (C=O) groups is 1. The number of hydrogen-bond donors (Lipinski definition) is 1. The normalized spacial score (nSPS) is 20.8. The Hall–Kier alpha value is -2.01. The minimum atomic E-state index is -0.900. The fraction of sp³-hybridized carbons (Fsp3) is 0.400. The summed E-state index contributed by atoms with van der Waals surface area (Å²) in [7, 11) is 0. The van der Waals surface area contributed by atoms with Crippen molar-refractivity contribution in [3.05, 3.63) is 35.4 Å². The van der Waals surface area contributed by atoms with Crippen molar-refractivity contribution in [2.24, 2.45) is 0 Å². The number of nitrogens with zero attached hydrogens (tertiary/aromatic N) is 1. The van der Waals surface area contributed by atoms with E-state index in [1.807, 2.05) is 12.1 Å². The van der Waals surface area contributed by atoms with E-state index in [4.69, 9.17) is 14.6 Å². The highest BCUT2D eigenvalue weighted by atomic mass is 16.5. The third kappa shape index (κ3) is 2.63. The standard InChI is InChI=1S/C15H17NO4/c17-15(18)16-7-8-19-12(9-16)10-20-14-6-2-4-11-3-1-5-13(11)14/h1-4,6,12H,5,7-10H2,(H,17,18)/t12-/m1/s1. The van der Waals surface area contributed by atoms with Crippen LogP contribution >= 0.6 is 0 Å². The topological polar surface area (TPSA) is 59.0 Å². The van der Waals surface area contributed by atoms with Gasteiger partial charge in [-0.15, -0.1) is 0 Å². The first kappa shape index (κ1) is 13.0. The summed E-state index contributed by atoms with van der Waals surface area (Å²) in [5.41, 5.74) is 2.39. The Kier molecular flexibility index (Phi) is 3.60. The number of carboxylic acid groups (broad SMARTS) is 1. The molecular weight excluding hydrogens is 258 g/mol. The van der Waals surface area contributed by atoms with Gasteiger partial charge in [-0.05, 0) is 18.1 Å². The van der Waals surface area contributed by atoms with Gasteiger partial charge in [0.15, 0.2) is 0 Å². The van der Waals surface area contributed by atoms with Crippen molar-refractivity contribution in [3.8, 4) is 5.75 Å². The molecular formula is C15H17NO4. The first-order chi connectivity index (χ1) is 9.74. The molecule has 0 radical (unpaired) electrons. The van der Waals surface area contributed by atoms with Crippen LogP contribution in [0.25, 0.3) is 6.08 Å². The van der Waals surface area contributed by atoms with Crippen LogP contribution in [0.3, 0.4) is 0 Å². The molecule has 1 atom stereocenters. The maximum absolute atomic E-state index is 10.9. The smallest absolute Gasteiger partial charge is 0.407 e. The van der Waals surface area contributed by atoms with Crippen LogP contribution in [0.15, 0.2) is 24.3 Å². The first-order valence-corrected chi connectivity index (χ1v) is 6.75. The second kappa shape index (κ2) is 5.54. The highest BCUT2D eigenvalue weighted by Gasteiger charge is 2.24. The van der Waals surface area contributed by atoms with Crippen molar-refractivity contribution >= 4 is 12.2 Å². The number of morpholine rings is 1. The van der Waals surface area contributed by atoms with E-state index in [-0.39, 0.29) is 6.10 Å². The van der Waals surface area contributed by atoms with Gasteiger partial charge in [0.25, 0.3) is 0 Å². The summed E-state index contributed by atoms with van der Waals surface area (Å²) in [6.07, 6.45) is 3.98. The van der Waals surface area contributed by atoms with E-state index >= 15 is 0 Å². The molecule has 1 N–H and O–H groups in total. The highest BCUT2D eigenvalue weighted by molar-refractivity contribution is 5.65. The number of allylic oxidation sites excluding steroid dienone is 1. The Bertz CT molecular complexity index is 541. The van der Waals surface area contributed by atoms with Crippen LogP contribution in [-0.2, 0) is 11.2 Å². The third-order valence-corrected chi connectivity index (χ3v) is 3.62.